The van der Waals surface area contributed by atoms with E-state index < -0.39 is 147 Å². The highest BCUT2D eigenvalue weighted by atomic mass is 31.3. The summed E-state index contributed by atoms with van der Waals surface area (Å²) in [6, 6.07) is 0.911. The van der Waals surface area contributed by atoms with Gasteiger partial charge in [-0.15, -0.1) is 0 Å². The minimum atomic E-state index is -6.24. The third kappa shape index (κ3) is 12.7. The van der Waals surface area contributed by atoms with Gasteiger partial charge in [0.15, 0.2) is 30.2 Å². The number of hydrogen-bond donors (Lipinski definition) is 11. The van der Waals surface area contributed by atoms with Gasteiger partial charge in [0.2, 0.25) is 17.7 Å². The van der Waals surface area contributed by atoms with Crippen LogP contribution >= 0.6 is 31.3 Å². The minimum absolute atomic E-state index is 0.00374. The summed E-state index contributed by atoms with van der Waals surface area (Å²) in [5, 5.41) is 35.2. The van der Waals surface area contributed by atoms with E-state index in [-0.39, 0.29) is 47.1 Å². The fourth-order valence-corrected chi connectivity index (χ4v) is 12.9. The van der Waals surface area contributed by atoms with Crippen molar-refractivity contribution < 1.29 is 108 Å². The van der Waals surface area contributed by atoms with Gasteiger partial charge >= 0.3 is 34.8 Å². The number of phosphoric acid groups is 4. The molecule has 3 saturated heterocycles. The number of hydrogen-bond acceptors (Lipinski definition) is 28. The molecule has 3 fully saturated rings. The molecule has 424 valence electrons. The first-order chi connectivity index (χ1) is 36.1. The number of ether oxygens (including phenoxy) is 4. The van der Waals surface area contributed by atoms with Crippen molar-refractivity contribution >= 4 is 71.3 Å². The molecule has 1 amide bonds. The number of nitrogens with zero attached hydrogens (tertiary/aromatic N) is 8. The van der Waals surface area contributed by atoms with Crippen LogP contribution in [0.5, 0.6) is 0 Å². The largest absolute Gasteiger partial charge is 0.756 e. The number of phosphoric ester groups is 3. The number of aliphatic hydroxyl groups excluding tert-OH is 3. The molecule has 8 heterocycles. The molecule has 0 aliphatic carbocycles. The molecular formula is C35H49N13O25P4. The lowest BCUT2D eigenvalue weighted by Crippen LogP contribution is -2.46. The van der Waals surface area contributed by atoms with E-state index in [0.717, 1.165) is 32.0 Å². The van der Waals surface area contributed by atoms with Gasteiger partial charge in [0.25, 0.3) is 24.9 Å². The first-order valence-corrected chi connectivity index (χ1v) is 28.2. The number of fused-ring (bicyclic) bond motifs is 2. The molecule has 3 aliphatic heterocycles. The standard InChI is InChI=1S/C35H49N13O25P4/c1-4-18(49)38-7-14-15(68-31(22(14)51)48-13-45(2)21-29(48)43-34(37)44-30(21)54)8-66-75(58,59)72-77(62,63)73-76(60,61)67-10-17-25(26(64-3)33(70-17)47-12-41-20-27(36)39-11-40-28(20)47)71-74(56,57)65-9-16-23(52)24(53)32(69-16)46-6-5-19(50)42-35(46)55/h5-6,11-17,22-26,31-33,51-53H,4,7-10H2,1-3H3,(H10-,36,37,38,39,40,42,43,44,49,50,54,55,56,57,58,59,60,61,62,63)/t14-,15-,16-,17-,22-,23-,24-,25-,26-,31-,32-,33-/m1/s1. The minimum Gasteiger partial charge on any atom is -0.756 e. The fraction of sp³-hybridized carbons (Fsp3) is 0.571. The van der Waals surface area contributed by atoms with Crippen LogP contribution in [0.2, 0.25) is 0 Å². The molecule has 4 unspecified atom stereocenters. The average Bonchev–Trinajstić information content (AvgIpc) is 4.19. The van der Waals surface area contributed by atoms with Gasteiger partial charge in [0.05, 0.1) is 39.3 Å². The van der Waals surface area contributed by atoms with Gasteiger partial charge in [-0.2, -0.15) is 8.62 Å². The van der Waals surface area contributed by atoms with Crippen molar-refractivity contribution in [2.75, 3.05) is 44.9 Å². The molecule has 0 saturated carbocycles. The Hall–Kier alpha value is -5.11. The zero-order valence-electron chi connectivity index (χ0n) is 39.8. The number of methoxy groups -OCH3 is 1. The van der Waals surface area contributed by atoms with Crippen molar-refractivity contribution in [3.05, 3.63) is 62.4 Å². The van der Waals surface area contributed by atoms with Crippen molar-refractivity contribution in [2.45, 2.75) is 80.9 Å². The monoisotopic (exact) mass is 1180 g/mol. The number of nitrogen functional groups attached to an aromatic ring is 2. The van der Waals surface area contributed by atoms with E-state index in [4.69, 9.17) is 48.5 Å². The second kappa shape index (κ2) is 22.6. The number of carbonyl (C=O) groups is 1. The number of nitrogens with two attached hydrogens (primary N) is 2. The molecule has 13 N–H and O–H groups in total. The third-order valence-electron chi connectivity index (χ3n) is 12.0. The second-order valence-corrected chi connectivity index (χ2v) is 23.0. The first-order valence-electron chi connectivity index (χ1n) is 22.3. The fourth-order valence-electron chi connectivity index (χ4n) is 8.48. The molecule has 0 spiro atoms. The summed E-state index contributed by atoms with van der Waals surface area (Å²) in [5.74, 6) is -2.05. The van der Waals surface area contributed by atoms with Crippen LogP contribution in [0.3, 0.4) is 0 Å². The van der Waals surface area contributed by atoms with Gasteiger partial charge in [-0.05, 0) is 0 Å². The Kier molecular flexibility index (Phi) is 17.0. The average molecular weight is 1180 g/mol. The highest BCUT2D eigenvalue weighted by Crippen LogP contribution is 2.68. The van der Waals surface area contributed by atoms with Gasteiger partial charge in [0.1, 0.15) is 54.6 Å². The lowest BCUT2D eigenvalue weighted by atomic mass is 9.98. The van der Waals surface area contributed by atoms with Crippen molar-refractivity contribution in [3.63, 3.8) is 0 Å². The van der Waals surface area contributed by atoms with Crippen LogP contribution in [0.1, 0.15) is 32.0 Å². The SMILES string of the molecule is CCC(=O)NC[C@H]1[C@@H](O)[C@H]([n+]2cn(C)c3c(=O)[nH]c(N)nc32)O[C@@H]1COP(=O)(O)OP(=O)(O)OP(=O)(O)OC[C@H]1O[C@@H](n2cnc3c(N)ncnc32)[C@H](OC)[C@@H]1OP(=O)([O-])OC[C@H]1O[C@@H](n2ccc(=O)[nH]c2=O)[C@H](O)[C@@H]1O. The van der Waals surface area contributed by atoms with Crippen LogP contribution in [-0.4, -0.2) is 162 Å². The van der Waals surface area contributed by atoms with Crippen LogP contribution in [0.15, 0.2) is 45.6 Å². The highest BCUT2D eigenvalue weighted by molar-refractivity contribution is 7.66. The number of rotatable bonds is 22. The number of nitrogens with one attached hydrogen (secondary N) is 3. The van der Waals surface area contributed by atoms with Crippen LogP contribution in [0.4, 0.5) is 11.8 Å². The smallest absolute Gasteiger partial charge is 0.490 e. The van der Waals surface area contributed by atoms with Gasteiger partial charge in [-0.25, -0.2) is 38.0 Å². The molecule has 77 heavy (non-hydrogen) atoms. The second-order valence-electron chi connectivity index (χ2n) is 17.0. The molecule has 0 radical (unpaired) electrons. The first kappa shape index (κ1) is 58.0. The molecular weight excluding hydrogens is 1130 g/mol. The number of imidazole rings is 2. The number of aromatic nitrogens is 10. The Morgan fingerprint density at radius 2 is 1.52 bits per heavy atom. The van der Waals surface area contributed by atoms with Crippen molar-refractivity contribution in [3.8, 4) is 0 Å². The molecule has 8 rings (SSSR count). The van der Waals surface area contributed by atoms with Gasteiger partial charge in [-0.3, -0.25) is 51.7 Å². The maximum absolute atomic E-state index is 13.5. The summed E-state index contributed by atoms with van der Waals surface area (Å²) in [5.41, 5.74) is 9.11. The number of amides is 1. The number of aryl methyl sites for hydroxylation is 1. The van der Waals surface area contributed by atoms with Crippen LogP contribution in [0.25, 0.3) is 22.3 Å². The van der Waals surface area contributed by atoms with Gasteiger partial charge in [-0.1, -0.05) is 11.9 Å². The maximum atomic E-state index is 13.5. The zero-order chi connectivity index (χ0) is 56.1. The molecule has 5 aromatic rings. The molecule has 0 aromatic carbocycles. The predicted molar refractivity (Wildman–Crippen MR) is 246 cm³/mol. The zero-order valence-corrected chi connectivity index (χ0v) is 43.4. The Balaban J connectivity index is 0.948. The summed E-state index contributed by atoms with van der Waals surface area (Å²) in [4.78, 5) is 114. The van der Waals surface area contributed by atoms with Gasteiger partial charge in [0, 0.05) is 38.3 Å². The number of H-pyrrole nitrogens is 2. The van der Waals surface area contributed by atoms with Crippen LogP contribution < -0.4 is 43.1 Å². The normalized spacial score (nSPS) is 29.8. The topological polar surface area (TPSA) is 539 Å². The molecule has 38 nitrogen and oxygen atoms in total. The van der Waals surface area contributed by atoms with E-state index >= 15 is 0 Å². The third-order valence-corrected chi connectivity index (χ3v) is 17.2. The van der Waals surface area contributed by atoms with E-state index in [0.29, 0.717) is 4.57 Å². The van der Waals surface area contributed by atoms with Crippen LogP contribution in [0, 0.1) is 5.92 Å². The summed E-state index contributed by atoms with van der Waals surface area (Å²) >= 11 is 0. The lowest BCUT2D eigenvalue weighted by molar-refractivity contribution is -0.745. The molecule has 5 aromatic heterocycles. The predicted octanol–water partition coefficient (Wildman–Crippen LogP) is -4.73. The van der Waals surface area contributed by atoms with Crippen molar-refractivity contribution in [1.29, 1.82) is 0 Å². The van der Waals surface area contributed by atoms with E-state index in [1.165, 1.54) is 34.0 Å². The molecule has 16 atom stereocenters. The quantitative estimate of drug-likeness (QED) is 0.0229. The van der Waals surface area contributed by atoms with Crippen molar-refractivity contribution in [1.82, 2.24) is 48.9 Å². The van der Waals surface area contributed by atoms with E-state index in [1.54, 1.807) is 0 Å². The van der Waals surface area contributed by atoms with Gasteiger partial charge < -0.3 is 79.7 Å². The number of aromatic amines is 2. The number of anilines is 2. The summed E-state index contributed by atoms with van der Waals surface area (Å²) in [6.45, 7) is -2.22. The Labute approximate surface area is 428 Å². The maximum Gasteiger partial charge on any atom is 0.490 e. The Bertz CT molecular complexity index is 3390. The van der Waals surface area contributed by atoms with Crippen molar-refractivity contribution in [2.24, 2.45) is 13.0 Å². The number of aliphatic hydroxyl groups is 3. The summed E-state index contributed by atoms with van der Waals surface area (Å²) in [7, 11) is -21.3. The highest BCUT2D eigenvalue weighted by Gasteiger charge is 2.53. The van der Waals surface area contributed by atoms with E-state index in [1.807, 2.05) is 4.98 Å². The summed E-state index contributed by atoms with van der Waals surface area (Å²) in [6.07, 6.45) is -14.0. The molecule has 0 bridgehead atoms. The molecule has 42 heteroatoms. The number of carbonyl (C=O) groups excluding carboxylic acids is 1. The summed E-state index contributed by atoms with van der Waals surface area (Å²) < 4.78 is 109. The van der Waals surface area contributed by atoms with E-state index in [2.05, 4.69) is 38.9 Å². The Morgan fingerprint density at radius 3 is 2.18 bits per heavy atom. The lowest BCUT2D eigenvalue weighted by Gasteiger charge is -2.31. The van der Waals surface area contributed by atoms with E-state index in [9.17, 15) is 72.3 Å². The Morgan fingerprint density at radius 1 is 0.857 bits per heavy atom. The molecule has 3 aliphatic rings. The van der Waals surface area contributed by atoms with Crippen LogP contribution in [-0.2, 0) is 75.8 Å².